The molecule has 1 aliphatic carbocycles. The van der Waals surface area contributed by atoms with E-state index >= 15 is 0 Å². The fraction of sp³-hybridized carbons (Fsp3) is 0.0385. The molecule has 9 aromatic rings. The van der Waals surface area contributed by atoms with Gasteiger partial charge in [-0.2, -0.15) is 10.5 Å². The van der Waals surface area contributed by atoms with E-state index in [2.05, 4.69) is 155 Å². The number of rotatable bonds is 6. The lowest BCUT2D eigenvalue weighted by molar-refractivity contribution is 0.985. The number of nitriles is 2. The Morgan fingerprint density at radius 3 is 1.46 bits per heavy atom. The van der Waals surface area contributed by atoms with Crippen molar-refractivity contribution in [1.29, 1.82) is 10.5 Å². The van der Waals surface area contributed by atoms with Gasteiger partial charge in [-0.05, 0) is 141 Å². The van der Waals surface area contributed by atoms with Crippen molar-refractivity contribution in [3.63, 3.8) is 0 Å². The number of fused-ring (bicyclic) bond motifs is 7. The molecule has 0 heterocycles. The monoisotopic (exact) mass is 714 g/mol. The van der Waals surface area contributed by atoms with E-state index in [1.165, 1.54) is 16.5 Å². The second-order valence-corrected chi connectivity index (χ2v) is 14.3. The molecule has 0 saturated heterocycles. The third-order valence-corrected chi connectivity index (χ3v) is 11.1. The number of anilines is 6. The van der Waals surface area contributed by atoms with Crippen LogP contribution in [-0.2, 0) is 6.42 Å². The van der Waals surface area contributed by atoms with Gasteiger partial charge in [0.2, 0.25) is 0 Å². The summed E-state index contributed by atoms with van der Waals surface area (Å²) in [6.45, 7) is 0. The molecule has 4 heteroatoms. The van der Waals surface area contributed by atoms with Crippen LogP contribution in [0.5, 0.6) is 0 Å². The van der Waals surface area contributed by atoms with Gasteiger partial charge >= 0.3 is 0 Å². The topological polar surface area (TPSA) is 54.1 Å². The average Bonchev–Trinajstić information content (AvgIpc) is 3.27. The molecule has 0 amide bonds. The Balaban J connectivity index is 1.26. The van der Waals surface area contributed by atoms with Crippen molar-refractivity contribution in [3.8, 4) is 12.1 Å². The lowest BCUT2D eigenvalue weighted by Crippen LogP contribution is -2.12. The average molecular weight is 715 g/mol. The Bertz CT molecular complexity index is 3110. The number of nitrogens with zero attached hydrogens (tertiary/aromatic N) is 4. The Hall–Kier alpha value is -7.66. The molecular formula is C52H34N4. The van der Waals surface area contributed by atoms with E-state index in [9.17, 15) is 10.5 Å². The van der Waals surface area contributed by atoms with Gasteiger partial charge in [-0.15, -0.1) is 0 Å². The molecule has 0 fully saturated rings. The first-order valence-corrected chi connectivity index (χ1v) is 18.9. The molecule has 0 aliphatic heterocycles. The molecule has 262 valence electrons. The fourth-order valence-electron chi connectivity index (χ4n) is 8.38. The maximum absolute atomic E-state index is 9.68. The molecule has 1 aliphatic rings. The summed E-state index contributed by atoms with van der Waals surface area (Å²) in [5.41, 5.74) is 10.0. The molecule has 56 heavy (non-hydrogen) atoms. The molecule has 9 aromatic carbocycles. The van der Waals surface area contributed by atoms with E-state index < -0.39 is 0 Å². The van der Waals surface area contributed by atoms with Crippen LogP contribution < -0.4 is 9.80 Å². The van der Waals surface area contributed by atoms with E-state index in [-0.39, 0.29) is 0 Å². The summed E-state index contributed by atoms with van der Waals surface area (Å²) >= 11 is 0. The molecule has 0 bridgehead atoms. The maximum Gasteiger partial charge on any atom is 0.0991 e. The van der Waals surface area contributed by atoms with Gasteiger partial charge in [0.25, 0.3) is 0 Å². The highest BCUT2D eigenvalue weighted by atomic mass is 15.2. The molecule has 0 unspecified atom stereocenters. The van der Waals surface area contributed by atoms with Crippen molar-refractivity contribution in [1.82, 2.24) is 0 Å². The van der Waals surface area contributed by atoms with Gasteiger partial charge in [-0.25, -0.2) is 0 Å². The SMILES string of the molecule is N#Cc1ccc(N(c2ccc3c(c2)C=CCC3)c2cc3c4ccccc4c(N(c4ccc(C#N)cc4)c4ccc5ccccc5c4)cc3c3ccccc23)cc1. The fourth-order valence-corrected chi connectivity index (χ4v) is 8.38. The van der Waals surface area contributed by atoms with E-state index in [0.29, 0.717) is 11.1 Å². The summed E-state index contributed by atoms with van der Waals surface area (Å²) in [5.74, 6) is 0. The van der Waals surface area contributed by atoms with Crippen molar-refractivity contribution in [2.75, 3.05) is 9.80 Å². The summed E-state index contributed by atoms with van der Waals surface area (Å²) in [7, 11) is 0. The van der Waals surface area contributed by atoms with Gasteiger partial charge in [-0.3, -0.25) is 0 Å². The molecule has 0 radical (unpaired) electrons. The number of benzene rings is 9. The minimum atomic E-state index is 0.621. The normalized spacial score (nSPS) is 12.0. The summed E-state index contributed by atoms with van der Waals surface area (Å²) in [4.78, 5) is 4.66. The number of hydrogen-bond donors (Lipinski definition) is 0. The van der Waals surface area contributed by atoms with Crippen molar-refractivity contribution in [2.24, 2.45) is 0 Å². The second-order valence-electron chi connectivity index (χ2n) is 14.3. The third-order valence-electron chi connectivity index (χ3n) is 11.1. The highest BCUT2D eigenvalue weighted by Crippen LogP contribution is 2.48. The minimum absolute atomic E-state index is 0.621. The van der Waals surface area contributed by atoms with Gasteiger partial charge < -0.3 is 9.80 Å². The minimum Gasteiger partial charge on any atom is -0.310 e. The van der Waals surface area contributed by atoms with Gasteiger partial charge in [0, 0.05) is 33.5 Å². The maximum atomic E-state index is 9.68. The summed E-state index contributed by atoms with van der Waals surface area (Å²) in [5, 5.41) is 28.5. The van der Waals surface area contributed by atoms with Crippen LogP contribution in [0.3, 0.4) is 0 Å². The molecule has 10 rings (SSSR count). The lowest BCUT2D eigenvalue weighted by atomic mass is 9.92. The molecule has 0 spiro atoms. The van der Waals surface area contributed by atoms with Gasteiger partial charge in [0.05, 0.1) is 34.6 Å². The number of hydrogen-bond acceptors (Lipinski definition) is 4. The first-order valence-electron chi connectivity index (χ1n) is 18.9. The van der Waals surface area contributed by atoms with Crippen molar-refractivity contribution >= 4 is 83.3 Å². The Kier molecular flexibility index (Phi) is 8.02. The Morgan fingerprint density at radius 2 is 0.893 bits per heavy atom. The van der Waals surface area contributed by atoms with Crippen LogP contribution >= 0.6 is 0 Å². The highest BCUT2D eigenvalue weighted by Gasteiger charge is 2.23. The van der Waals surface area contributed by atoms with E-state index in [4.69, 9.17) is 0 Å². The third kappa shape index (κ3) is 5.61. The smallest absolute Gasteiger partial charge is 0.0991 e. The standard InChI is InChI=1S/C52H34N4/c53-33-35-17-23-41(24-18-35)55(43-27-21-37-9-1-3-11-39(37)29-43)51-31-49-46-14-6-8-16-48(46)52(32-50(49)45-13-5-7-15-47(45)51)56(42-25-19-36(34-54)20-26-42)44-28-22-38-10-2-4-12-40(38)30-44/h1,3-9,11-32H,2,10H2. The van der Waals surface area contributed by atoms with Crippen molar-refractivity contribution in [2.45, 2.75) is 12.8 Å². The molecule has 0 saturated carbocycles. The predicted octanol–water partition coefficient (Wildman–Crippen LogP) is 13.9. The molecule has 0 N–H and O–H groups in total. The van der Waals surface area contributed by atoms with Crippen LogP contribution in [-0.4, -0.2) is 0 Å². The zero-order valence-corrected chi connectivity index (χ0v) is 30.5. The zero-order chi connectivity index (χ0) is 37.6. The summed E-state index contributed by atoms with van der Waals surface area (Å²) in [6.07, 6.45) is 6.59. The van der Waals surface area contributed by atoms with Crippen LogP contribution in [0.2, 0.25) is 0 Å². The van der Waals surface area contributed by atoms with Gasteiger partial charge in [0.15, 0.2) is 0 Å². The highest BCUT2D eigenvalue weighted by molar-refractivity contribution is 6.24. The molecule has 4 nitrogen and oxygen atoms in total. The van der Waals surface area contributed by atoms with E-state index in [1.807, 2.05) is 48.5 Å². The largest absolute Gasteiger partial charge is 0.310 e. The van der Waals surface area contributed by atoms with Gasteiger partial charge in [0.1, 0.15) is 0 Å². The molecule has 0 atom stereocenters. The Morgan fingerprint density at radius 1 is 0.411 bits per heavy atom. The summed E-state index contributed by atoms with van der Waals surface area (Å²) in [6, 6.07) is 64.2. The first-order chi connectivity index (χ1) is 27.7. The van der Waals surface area contributed by atoms with Crippen LogP contribution in [0.25, 0.3) is 49.2 Å². The molecule has 0 aromatic heterocycles. The van der Waals surface area contributed by atoms with Gasteiger partial charge in [-0.1, -0.05) is 97.1 Å². The van der Waals surface area contributed by atoms with Crippen LogP contribution in [0.1, 0.15) is 28.7 Å². The van der Waals surface area contributed by atoms with E-state index in [1.54, 1.807) is 0 Å². The van der Waals surface area contributed by atoms with Crippen molar-refractivity contribution in [3.05, 3.63) is 198 Å². The predicted molar refractivity (Wildman–Crippen MR) is 233 cm³/mol. The van der Waals surface area contributed by atoms with Crippen molar-refractivity contribution < 1.29 is 0 Å². The van der Waals surface area contributed by atoms with Crippen LogP contribution in [0, 0.1) is 22.7 Å². The van der Waals surface area contributed by atoms with E-state index in [0.717, 1.165) is 84.7 Å². The molecular weight excluding hydrogens is 681 g/mol. The lowest BCUT2D eigenvalue weighted by Gasteiger charge is -2.30. The first kappa shape index (κ1) is 32.9. The number of allylic oxidation sites excluding steroid dienone is 1. The number of aryl methyl sites for hydroxylation is 1. The zero-order valence-electron chi connectivity index (χ0n) is 30.5. The quantitative estimate of drug-likeness (QED) is 0.161. The Labute approximate surface area is 325 Å². The van der Waals surface area contributed by atoms with Crippen LogP contribution in [0.15, 0.2) is 176 Å². The second kappa shape index (κ2) is 13.6. The van der Waals surface area contributed by atoms with Crippen LogP contribution in [0.4, 0.5) is 34.1 Å². The summed E-state index contributed by atoms with van der Waals surface area (Å²) < 4.78 is 0.